The van der Waals surface area contributed by atoms with Crippen LogP contribution in [0.15, 0.2) is 58.5 Å². The summed E-state index contributed by atoms with van der Waals surface area (Å²) in [5, 5.41) is 1.59. The number of para-hydroxylation sites is 1. The highest BCUT2D eigenvalue weighted by Crippen LogP contribution is 2.39. The summed E-state index contributed by atoms with van der Waals surface area (Å²) in [5.74, 6) is 1.93. The third-order valence-electron chi connectivity index (χ3n) is 6.26. The van der Waals surface area contributed by atoms with E-state index in [1.807, 2.05) is 28.8 Å². The molecular weight excluding hydrogens is 364 g/mol. The fourth-order valence-electron chi connectivity index (χ4n) is 4.27. The van der Waals surface area contributed by atoms with E-state index < -0.39 is 0 Å². The zero-order valence-electron chi connectivity index (χ0n) is 16.9. The average molecular weight is 393 g/mol. The summed E-state index contributed by atoms with van der Waals surface area (Å²) >= 11 is 1.68. The minimum Gasteiger partial charge on any atom is -0.284 e. The molecule has 0 unspecified atom stereocenters. The fourth-order valence-corrected chi connectivity index (χ4v) is 5.28. The van der Waals surface area contributed by atoms with Gasteiger partial charge in [-0.05, 0) is 42.9 Å². The van der Waals surface area contributed by atoms with Gasteiger partial charge in [-0.15, -0.1) is 0 Å². The van der Waals surface area contributed by atoms with Crippen molar-refractivity contribution >= 4 is 22.7 Å². The Kier molecular flexibility index (Phi) is 5.58. The van der Waals surface area contributed by atoms with Crippen molar-refractivity contribution in [1.82, 2.24) is 9.55 Å². The highest BCUT2D eigenvalue weighted by molar-refractivity contribution is 7.98. The van der Waals surface area contributed by atoms with Gasteiger partial charge in [0.15, 0.2) is 5.16 Å². The van der Waals surface area contributed by atoms with Crippen LogP contribution < -0.4 is 5.56 Å². The van der Waals surface area contributed by atoms with E-state index in [0.29, 0.717) is 11.8 Å². The number of benzene rings is 2. The van der Waals surface area contributed by atoms with Gasteiger partial charge >= 0.3 is 0 Å². The molecule has 28 heavy (non-hydrogen) atoms. The molecule has 0 amide bonds. The zero-order valence-corrected chi connectivity index (χ0v) is 17.7. The van der Waals surface area contributed by atoms with Gasteiger partial charge in [0.25, 0.3) is 5.56 Å². The lowest BCUT2D eigenvalue weighted by Crippen LogP contribution is -2.35. The zero-order chi connectivity index (χ0) is 19.7. The first-order valence-electron chi connectivity index (χ1n) is 10.2. The molecule has 3 nitrogen and oxygen atoms in total. The third kappa shape index (κ3) is 3.75. The number of aryl methyl sites for hydroxylation is 1. The quantitative estimate of drug-likeness (QED) is 0.404. The van der Waals surface area contributed by atoms with Gasteiger partial charge in [0.05, 0.1) is 10.9 Å². The molecule has 0 N–H and O–H groups in total. The van der Waals surface area contributed by atoms with Crippen LogP contribution in [-0.4, -0.2) is 9.55 Å². The molecule has 1 aliphatic rings. The molecule has 0 aliphatic heterocycles. The number of fused-ring (bicyclic) bond motifs is 1. The van der Waals surface area contributed by atoms with Crippen molar-refractivity contribution < 1.29 is 0 Å². The second-order valence-corrected chi connectivity index (χ2v) is 9.14. The van der Waals surface area contributed by atoms with Crippen LogP contribution in [0.1, 0.15) is 50.3 Å². The van der Waals surface area contributed by atoms with E-state index in [0.717, 1.165) is 28.2 Å². The maximum absolute atomic E-state index is 13.5. The molecule has 0 spiro atoms. The van der Waals surface area contributed by atoms with E-state index in [9.17, 15) is 4.79 Å². The first-order valence-corrected chi connectivity index (χ1v) is 11.2. The van der Waals surface area contributed by atoms with Crippen molar-refractivity contribution in [3.63, 3.8) is 0 Å². The SMILES string of the molecule is Cc1ccc(CSc2nc3ccccc3c(=O)n2[C@H]2CCC[C@H](C)[C@@H]2C)cc1. The highest BCUT2D eigenvalue weighted by atomic mass is 32.2. The lowest BCUT2D eigenvalue weighted by Gasteiger charge is -2.36. The maximum Gasteiger partial charge on any atom is 0.262 e. The Hall–Kier alpha value is -2.07. The molecule has 4 heteroatoms. The first-order chi connectivity index (χ1) is 13.5. The highest BCUT2D eigenvalue weighted by Gasteiger charge is 2.31. The van der Waals surface area contributed by atoms with E-state index in [-0.39, 0.29) is 11.6 Å². The first kappa shape index (κ1) is 19.3. The molecule has 146 valence electrons. The number of aromatic nitrogens is 2. The van der Waals surface area contributed by atoms with Crippen LogP contribution in [0, 0.1) is 18.8 Å². The second-order valence-electron chi connectivity index (χ2n) is 8.20. The maximum atomic E-state index is 13.5. The second kappa shape index (κ2) is 8.12. The fraction of sp³-hybridized carbons (Fsp3) is 0.417. The molecule has 1 aliphatic carbocycles. The third-order valence-corrected chi connectivity index (χ3v) is 7.28. The van der Waals surface area contributed by atoms with Crippen LogP contribution >= 0.6 is 11.8 Å². The summed E-state index contributed by atoms with van der Waals surface area (Å²) < 4.78 is 2.02. The molecule has 1 saturated carbocycles. The van der Waals surface area contributed by atoms with Gasteiger partial charge in [-0.25, -0.2) is 4.98 Å². The van der Waals surface area contributed by atoms with Crippen molar-refractivity contribution in [3.05, 3.63) is 70.0 Å². The van der Waals surface area contributed by atoms with Crippen molar-refractivity contribution in [2.24, 2.45) is 11.8 Å². The average Bonchev–Trinajstić information content (AvgIpc) is 2.70. The van der Waals surface area contributed by atoms with E-state index in [1.165, 1.54) is 24.0 Å². The summed E-state index contributed by atoms with van der Waals surface area (Å²) in [5.41, 5.74) is 3.43. The lowest BCUT2D eigenvalue weighted by molar-refractivity contribution is 0.173. The molecule has 3 atom stereocenters. The Bertz CT molecular complexity index is 1020. The summed E-state index contributed by atoms with van der Waals surface area (Å²) in [6.07, 6.45) is 3.49. The van der Waals surface area contributed by atoms with Crippen LogP contribution in [-0.2, 0) is 5.75 Å². The topological polar surface area (TPSA) is 34.9 Å². The van der Waals surface area contributed by atoms with Gasteiger partial charge in [0.2, 0.25) is 0 Å². The minimum absolute atomic E-state index is 0.114. The molecule has 1 fully saturated rings. The van der Waals surface area contributed by atoms with Crippen LogP contribution in [0.25, 0.3) is 10.9 Å². The lowest BCUT2D eigenvalue weighted by atomic mass is 9.78. The molecular formula is C24H28N2OS. The van der Waals surface area contributed by atoms with Gasteiger partial charge in [0, 0.05) is 11.8 Å². The standard InChI is InChI=1S/C24H28N2OS/c1-16-11-13-19(14-12-16)15-28-24-25-21-9-5-4-8-20(21)23(27)26(24)22-10-6-7-17(2)18(22)3/h4-5,8-9,11-14,17-18,22H,6-7,10,15H2,1-3H3/t17-,18-,22-/m0/s1. The number of rotatable bonds is 4. The summed E-state index contributed by atoms with van der Waals surface area (Å²) in [4.78, 5) is 18.4. The number of hydrogen-bond acceptors (Lipinski definition) is 3. The van der Waals surface area contributed by atoms with E-state index in [1.54, 1.807) is 11.8 Å². The normalized spacial score (nSPS) is 22.5. The van der Waals surface area contributed by atoms with Gasteiger partial charge < -0.3 is 0 Å². The summed E-state index contributed by atoms with van der Waals surface area (Å²) in [6.45, 7) is 6.71. The molecule has 4 rings (SSSR count). The predicted octanol–water partition coefficient (Wildman–Crippen LogP) is 5.99. The van der Waals surface area contributed by atoms with Crippen LogP contribution in [0.5, 0.6) is 0 Å². The Morgan fingerprint density at radius 1 is 1.07 bits per heavy atom. The minimum atomic E-state index is 0.114. The van der Waals surface area contributed by atoms with Crippen molar-refractivity contribution in [2.45, 2.75) is 57.0 Å². The largest absolute Gasteiger partial charge is 0.284 e. The molecule has 0 saturated heterocycles. The van der Waals surface area contributed by atoms with E-state index >= 15 is 0 Å². The van der Waals surface area contributed by atoms with Gasteiger partial charge in [-0.2, -0.15) is 0 Å². The number of hydrogen-bond donors (Lipinski definition) is 0. The van der Waals surface area contributed by atoms with Crippen LogP contribution in [0.3, 0.4) is 0 Å². The predicted molar refractivity (Wildman–Crippen MR) is 118 cm³/mol. The van der Waals surface area contributed by atoms with E-state index in [2.05, 4.69) is 45.0 Å². The molecule has 0 radical (unpaired) electrons. The Morgan fingerprint density at radius 2 is 1.82 bits per heavy atom. The molecule has 1 heterocycles. The molecule has 2 aromatic carbocycles. The van der Waals surface area contributed by atoms with Gasteiger partial charge in [-0.3, -0.25) is 9.36 Å². The monoisotopic (exact) mass is 392 g/mol. The Balaban J connectivity index is 1.76. The number of thioether (sulfide) groups is 1. The molecule has 3 aromatic rings. The molecule has 1 aromatic heterocycles. The van der Waals surface area contributed by atoms with Crippen molar-refractivity contribution in [2.75, 3.05) is 0 Å². The van der Waals surface area contributed by atoms with Crippen molar-refractivity contribution in [3.8, 4) is 0 Å². The van der Waals surface area contributed by atoms with Gasteiger partial charge in [-0.1, -0.05) is 80.4 Å². The van der Waals surface area contributed by atoms with Crippen molar-refractivity contribution in [1.29, 1.82) is 0 Å². The summed E-state index contributed by atoms with van der Waals surface area (Å²) in [7, 11) is 0. The number of nitrogens with zero attached hydrogens (tertiary/aromatic N) is 2. The summed E-state index contributed by atoms with van der Waals surface area (Å²) in [6, 6.07) is 16.6. The van der Waals surface area contributed by atoms with Crippen LogP contribution in [0.4, 0.5) is 0 Å². The van der Waals surface area contributed by atoms with Crippen LogP contribution in [0.2, 0.25) is 0 Å². The molecule has 0 bridgehead atoms. The Morgan fingerprint density at radius 3 is 2.61 bits per heavy atom. The smallest absolute Gasteiger partial charge is 0.262 e. The Labute approximate surface area is 171 Å². The van der Waals surface area contributed by atoms with E-state index in [4.69, 9.17) is 4.98 Å². The van der Waals surface area contributed by atoms with Gasteiger partial charge in [0.1, 0.15) is 0 Å².